The number of nitrogens with zero attached hydrogens (tertiary/aromatic N) is 2. The molecular weight excluding hydrogens is 422 g/mol. The van der Waals surface area contributed by atoms with Crippen molar-refractivity contribution in [2.24, 2.45) is 5.41 Å². The monoisotopic (exact) mass is 453 g/mol. The highest BCUT2D eigenvalue weighted by molar-refractivity contribution is 7.91. The van der Waals surface area contributed by atoms with E-state index in [1.807, 2.05) is 5.38 Å². The fourth-order valence-corrected chi connectivity index (χ4v) is 7.67. The average molecular weight is 454 g/mol. The van der Waals surface area contributed by atoms with Crippen LogP contribution >= 0.6 is 23.6 Å². The molecule has 29 heavy (non-hydrogen) atoms. The number of thiocarbonyl (C=S) groups is 1. The third-order valence-electron chi connectivity index (χ3n) is 6.71. The van der Waals surface area contributed by atoms with Gasteiger partial charge < -0.3 is 10.2 Å². The third kappa shape index (κ3) is 4.86. The molecule has 2 saturated heterocycles. The smallest absolute Gasteiger partial charge is 0.252 e. The number of sulfonamides is 1. The van der Waals surface area contributed by atoms with Crippen LogP contribution in [-0.2, 0) is 10.0 Å². The lowest BCUT2D eigenvalue weighted by Crippen LogP contribution is -2.45. The maximum Gasteiger partial charge on any atom is 0.252 e. The van der Waals surface area contributed by atoms with Gasteiger partial charge in [-0.15, -0.1) is 11.3 Å². The Balaban J connectivity index is 1.25. The van der Waals surface area contributed by atoms with Gasteiger partial charge in [0.2, 0.25) is 0 Å². The van der Waals surface area contributed by atoms with E-state index in [4.69, 9.17) is 12.2 Å². The van der Waals surface area contributed by atoms with Gasteiger partial charge in [0.05, 0.1) is 0 Å². The Morgan fingerprint density at radius 3 is 2.69 bits per heavy atom. The molecule has 1 aromatic rings. The predicted octanol–water partition coefficient (Wildman–Crippen LogP) is 3.99. The summed E-state index contributed by atoms with van der Waals surface area (Å²) in [5.41, 5.74) is 1.78. The van der Waals surface area contributed by atoms with Crippen LogP contribution in [0.25, 0.3) is 0 Å². The van der Waals surface area contributed by atoms with Crippen molar-refractivity contribution in [1.82, 2.24) is 14.5 Å². The summed E-state index contributed by atoms with van der Waals surface area (Å²) in [7, 11) is -3.32. The number of piperidine rings is 1. The van der Waals surface area contributed by atoms with Gasteiger partial charge in [-0.25, -0.2) is 8.42 Å². The van der Waals surface area contributed by atoms with Gasteiger partial charge >= 0.3 is 0 Å². The molecule has 8 heteroatoms. The van der Waals surface area contributed by atoms with E-state index in [1.165, 1.54) is 37.0 Å². The standard InChI is InChI=1S/C21H31N3O2S3/c25-29(26,19-7-4-16-28-19)24-14-10-21(11-15-24)9-13-23(17-21)20(27)22-12-8-18-5-2-1-3-6-18/h4-5,7,16H,1-3,6,8-15,17H2,(H,22,27). The van der Waals surface area contributed by atoms with Crippen molar-refractivity contribution < 1.29 is 8.42 Å². The Labute approximate surface area is 184 Å². The van der Waals surface area contributed by atoms with Crippen LogP contribution in [0, 0.1) is 5.41 Å². The first-order valence-corrected chi connectivity index (χ1v) is 13.5. The van der Waals surface area contributed by atoms with Gasteiger partial charge in [0.15, 0.2) is 5.11 Å². The fourth-order valence-electron chi connectivity index (χ4n) is 4.83. The van der Waals surface area contributed by atoms with Crippen LogP contribution in [0.3, 0.4) is 0 Å². The minimum atomic E-state index is -3.32. The quantitative estimate of drug-likeness (QED) is 0.540. The van der Waals surface area contributed by atoms with Gasteiger partial charge in [-0.05, 0) is 80.4 Å². The number of nitrogens with one attached hydrogen (secondary N) is 1. The van der Waals surface area contributed by atoms with E-state index in [0.29, 0.717) is 17.3 Å². The minimum absolute atomic E-state index is 0.207. The van der Waals surface area contributed by atoms with Crippen LogP contribution in [0.2, 0.25) is 0 Å². The second kappa shape index (κ2) is 9.04. The Kier molecular flexibility index (Phi) is 6.63. The first-order valence-electron chi connectivity index (χ1n) is 10.7. The second-order valence-corrected chi connectivity index (χ2v) is 12.1. The van der Waals surface area contributed by atoms with Crippen LogP contribution in [-0.4, -0.2) is 55.5 Å². The van der Waals surface area contributed by atoms with Crippen molar-refractivity contribution in [3.05, 3.63) is 29.2 Å². The van der Waals surface area contributed by atoms with Gasteiger partial charge in [0.25, 0.3) is 10.0 Å². The third-order valence-corrected chi connectivity index (χ3v) is 10.4. The van der Waals surface area contributed by atoms with Crippen molar-refractivity contribution in [1.29, 1.82) is 0 Å². The van der Waals surface area contributed by atoms with E-state index < -0.39 is 10.0 Å². The number of rotatable bonds is 5. The van der Waals surface area contributed by atoms with E-state index in [9.17, 15) is 8.42 Å². The zero-order valence-electron chi connectivity index (χ0n) is 16.9. The molecule has 1 spiro atoms. The lowest BCUT2D eigenvalue weighted by atomic mass is 9.78. The summed E-state index contributed by atoms with van der Waals surface area (Å²) in [5.74, 6) is 0. The van der Waals surface area contributed by atoms with Crippen LogP contribution < -0.4 is 5.32 Å². The van der Waals surface area contributed by atoms with Crippen molar-refractivity contribution in [3.63, 3.8) is 0 Å². The van der Waals surface area contributed by atoms with Gasteiger partial charge in [0.1, 0.15) is 4.21 Å². The zero-order valence-corrected chi connectivity index (χ0v) is 19.4. The zero-order chi connectivity index (χ0) is 20.3. The van der Waals surface area contributed by atoms with Crippen molar-refractivity contribution in [3.8, 4) is 0 Å². The molecule has 2 fully saturated rings. The van der Waals surface area contributed by atoms with Crippen molar-refractivity contribution in [2.75, 3.05) is 32.7 Å². The molecule has 5 nitrogen and oxygen atoms in total. The Hall–Kier alpha value is -0.960. The Morgan fingerprint density at radius 1 is 1.21 bits per heavy atom. The van der Waals surface area contributed by atoms with E-state index in [1.54, 1.807) is 22.0 Å². The van der Waals surface area contributed by atoms with Gasteiger partial charge in [-0.1, -0.05) is 17.7 Å². The molecule has 4 rings (SSSR count). The summed E-state index contributed by atoms with van der Waals surface area (Å²) >= 11 is 6.96. The summed E-state index contributed by atoms with van der Waals surface area (Å²) in [6, 6.07) is 3.51. The first kappa shape index (κ1) is 21.3. The van der Waals surface area contributed by atoms with E-state index in [-0.39, 0.29) is 5.41 Å². The topological polar surface area (TPSA) is 52.7 Å². The molecule has 0 bridgehead atoms. The van der Waals surface area contributed by atoms with Crippen molar-refractivity contribution in [2.45, 2.75) is 55.6 Å². The normalized spacial score (nSPS) is 22.6. The molecule has 0 saturated carbocycles. The van der Waals surface area contributed by atoms with Gasteiger partial charge in [0, 0.05) is 32.7 Å². The fraction of sp³-hybridized carbons (Fsp3) is 0.667. The van der Waals surface area contributed by atoms with E-state index in [0.717, 1.165) is 50.4 Å². The largest absolute Gasteiger partial charge is 0.362 e. The molecule has 3 aliphatic rings. The number of thiophene rings is 1. The summed E-state index contributed by atoms with van der Waals surface area (Å²) < 4.78 is 27.7. The van der Waals surface area contributed by atoms with Crippen LogP contribution in [0.5, 0.6) is 0 Å². The molecule has 0 amide bonds. The minimum Gasteiger partial charge on any atom is -0.362 e. The molecule has 160 valence electrons. The molecular formula is C21H31N3O2S3. The average Bonchev–Trinajstić information content (AvgIpc) is 3.40. The number of likely N-dealkylation sites (tertiary alicyclic amines) is 1. The van der Waals surface area contributed by atoms with Crippen LogP contribution in [0.1, 0.15) is 51.4 Å². The predicted molar refractivity (Wildman–Crippen MR) is 123 cm³/mol. The molecule has 1 aromatic heterocycles. The Morgan fingerprint density at radius 2 is 2.00 bits per heavy atom. The van der Waals surface area contributed by atoms with E-state index >= 15 is 0 Å². The van der Waals surface area contributed by atoms with E-state index in [2.05, 4.69) is 16.3 Å². The van der Waals surface area contributed by atoms with Crippen LogP contribution in [0.15, 0.2) is 33.4 Å². The molecule has 0 atom stereocenters. The molecule has 1 N–H and O–H groups in total. The highest BCUT2D eigenvalue weighted by Crippen LogP contribution is 2.41. The summed E-state index contributed by atoms with van der Waals surface area (Å²) in [6.07, 6.45) is 11.6. The SMILES string of the molecule is O=S(=O)(c1cccs1)N1CCC2(CCN(C(=S)NCCC3=CCCCC3)C2)CC1. The number of allylic oxidation sites excluding steroid dienone is 1. The second-order valence-electron chi connectivity index (χ2n) is 8.60. The number of hydrogen-bond donors (Lipinski definition) is 1. The lowest BCUT2D eigenvalue weighted by Gasteiger charge is -2.38. The molecule has 0 unspecified atom stereocenters. The van der Waals surface area contributed by atoms with Gasteiger partial charge in [-0.3, -0.25) is 0 Å². The van der Waals surface area contributed by atoms with Gasteiger partial charge in [-0.2, -0.15) is 4.31 Å². The molecule has 0 aromatic carbocycles. The molecule has 1 aliphatic carbocycles. The highest BCUT2D eigenvalue weighted by atomic mass is 32.2. The highest BCUT2D eigenvalue weighted by Gasteiger charge is 2.43. The molecule has 2 aliphatic heterocycles. The molecule has 0 radical (unpaired) electrons. The number of hydrogen-bond acceptors (Lipinski definition) is 4. The van der Waals surface area contributed by atoms with Crippen molar-refractivity contribution >= 4 is 38.7 Å². The summed E-state index contributed by atoms with van der Waals surface area (Å²) in [4.78, 5) is 2.30. The van der Waals surface area contributed by atoms with Crippen LogP contribution in [0.4, 0.5) is 0 Å². The summed E-state index contributed by atoms with van der Waals surface area (Å²) in [6.45, 7) is 4.08. The first-order chi connectivity index (χ1) is 14.0. The maximum absolute atomic E-state index is 12.8. The maximum atomic E-state index is 12.8. The summed E-state index contributed by atoms with van der Waals surface area (Å²) in [5, 5.41) is 6.15. The molecule has 3 heterocycles. The lowest BCUT2D eigenvalue weighted by molar-refractivity contribution is 0.166. The Bertz CT molecular complexity index is 841.